The van der Waals surface area contributed by atoms with Crippen molar-refractivity contribution in [3.63, 3.8) is 0 Å². The van der Waals surface area contributed by atoms with Crippen LogP contribution in [0.2, 0.25) is 0 Å². The molecule has 0 fully saturated rings. The minimum atomic E-state index is 0.968. The predicted octanol–water partition coefficient (Wildman–Crippen LogP) is 5.04. The van der Waals surface area contributed by atoms with E-state index in [0.29, 0.717) is 0 Å². The maximum Gasteiger partial charge on any atom is 0.0385 e. The van der Waals surface area contributed by atoms with Crippen LogP contribution < -0.4 is 5.32 Å². The van der Waals surface area contributed by atoms with Gasteiger partial charge in [0.15, 0.2) is 0 Å². The molecule has 0 radical (unpaired) electrons. The van der Waals surface area contributed by atoms with Gasteiger partial charge in [-0.2, -0.15) is 0 Å². The second kappa shape index (κ2) is 12.0. The SMILES string of the molecule is C=CN/C(=C\C)CN1CCc2c(C)cccc2C1.CC.CC. The summed E-state index contributed by atoms with van der Waals surface area (Å²) >= 11 is 0. The molecule has 1 aromatic rings. The third-order valence-corrected chi connectivity index (χ3v) is 3.61. The van der Waals surface area contributed by atoms with E-state index in [9.17, 15) is 0 Å². The number of allylic oxidation sites excluding steroid dienone is 1. The second-order valence-electron chi connectivity index (χ2n) is 4.84. The standard InChI is InChI=1S/C16H22N2.2C2H6/c1-4-15(17-5-2)12-18-10-9-16-13(3)7-6-8-14(16)11-18;2*1-2/h4-8,17H,2,9-12H2,1,3H3;2*1-2H3/b15-4-;;. The molecule has 0 atom stereocenters. The van der Waals surface area contributed by atoms with E-state index in [1.807, 2.05) is 27.7 Å². The van der Waals surface area contributed by atoms with Gasteiger partial charge in [-0.25, -0.2) is 0 Å². The maximum atomic E-state index is 3.72. The van der Waals surface area contributed by atoms with E-state index in [1.165, 1.54) is 16.8 Å². The Hall–Kier alpha value is -1.54. The molecule has 2 nitrogen and oxygen atoms in total. The molecule has 0 aromatic heterocycles. The first-order valence-corrected chi connectivity index (χ1v) is 8.57. The van der Waals surface area contributed by atoms with Gasteiger partial charge in [-0.15, -0.1) is 0 Å². The fourth-order valence-electron chi connectivity index (χ4n) is 2.59. The van der Waals surface area contributed by atoms with E-state index >= 15 is 0 Å². The molecule has 0 spiro atoms. The second-order valence-corrected chi connectivity index (χ2v) is 4.84. The number of rotatable bonds is 4. The average Bonchev–Trinajstić information content (AvgIpc) is 2.58. The van der Waals surface area contributed by atoms with Crippen molar-refractivity contribution in [2.75, 3.05) is 13.1 Å². The Morgan fingerprint density at radius 2 is 1.95 bits per heavy atom. The average molecular weight is 303 g/mol. The summed E-state index contributed by atoms with van der Waals surface area (Å²) in [7, 11) is 0. The van der Waals surface area contributed by atoms with E-state index in [1.54, 1.807) is 11.8 Å². The van der Waals surface area contributed by atoms with Crippen LogP contribution in [0.3, 0.4) is 0 Å². The molecule has 1 aliphatic heterocycles. The first kappa shape index (κ1) is 20.5. The highest BCUT2D eigenvalue weighted by molar-refractivity contribution is 5.36. The fourth-order valence-corrected chi connectivity index (χ4v) is 2.59. The molecular weight excluding hydrogens is 268 g/mol. The van der Waals surface area contributed by atoms with Crippen molar-refractivity contribution < 1.29 is 0 Å². The molecule has 1 aromatic carbocycles. The monoisotopic (exact) mass is 302 g/mol. The van der Waals surface area contributed by atoms with Gasteiger partial charge >= 0.3 is 0 Å². The minimum Gasteiger partial charge on any atom is -0.365 e. The first-order valence-electron chi connectivity index (χ1n) is 8.57. The van der Waals surface area contributed by atoms with Crippen LogP contribution in [-0.4, -0.2) is 18.0 Å². The highest BCUT2D eigenvalue weighted by Crippen LogP contribution is 2.22. The molecule has 2 rings (SSSR count). The summed E-state index contributed by atoms with van der Waals surface area (Å²) in [6.45, 7) is 19.1. The molecule has 0 aliphatic carbocycles. The maximum absolute atomic E-state index is 3.72. The Morgan fingerprint density at radius 1 is 1.27 bits per heavy atom. The molecule has 22 heavy (non-hydrogen) atoms. The van der Waals surface area contributed by atoms with Crippen molar-refractivity contribution in [1.82, 2.24) is 10.2 Å². The Morgan fingerprint density at radius 3 is 2.55 bits per heavy atom. The van der Waals surface area contributed by atoms with Crippen molar-refractivity contribution in [3.05, 3.63) is 59.4 Å². The van der Waals surface area contributed by atoms with Crippen LogP contribution in [0.1, 0.15) is 51.3 Å². The Bertz CT molecular complexity index is 461. The van der Waals surface area contributed by atoms with Crippen LogP contribution >= 0.6 is 0 Å². The lowest BCUT2D eigenvalue weighted by atomic mass is 9.95. The Labute approximate surface area is 137 Å². The lowest BCUT2D eigenvalue weighted by molar-refractivity contribution is 0.272. The number of nitrogens with zero attached hydrogens (tertiary/aromatic N) is 1. The summed E-state index contributed by atoms with van der Waals surface area (Å²) in [5.41, 5.74) is 5.69. The van der Waals surface area contributed by atoms with Gasteiger partial charge in [-0.1, -0.05) is 58.5 Å². The normalized spacial score (nSPS) is 13.8. The van der Waals surface area contributed by atoms with E-state index in [2.05, 4.69) is 54.9 Å². The molecule has 0 bridgehead atoms. The number of hydrogen-bond acceptors (Lipinski definition) is 2. The van der Waals surface area contributed by atoms with Gasteiger partial charge < -0.3 is 5.32 Å². The number of hydrogen-bond donors (Lipinski definition) is 1. The van der Waals surface area contributed by atoms with Gasteiger partial charge in [0.1, 0.15) is 0 Å². The van der Waals surface area contributed by atoms with Crippen molar-refractivity contribution >= 4 is 0 Å². The number of aryl methyl sites for hydroxylation is 1. The Balaban J connectivity index is 0.00000102. The zero-order valence-electron chi connectivity index (χ0n) is 15.4. The van der Waals surface area contributed by atoms with Crippen molar-refractivity contribution in [2.24, 2.45) is 0 Å². The summed E-state index contributed by atoms with van der Waals surface area (Å²) in [6.07, 6.45) is 5.03. The topological polar surface area (TPSA) is 15.3 Å². The molecular formula is C20H34N2. The fraction of sp³-hybridized carbons (Fsp3) is 0.500. The largest absolute Gasteiger partial charge is 0.365 e. The van der Waals surface area contributed by atoms with Crippen molar-refractivity contribution in [3.8, 4) is 0 Å². The third-order valence-electron chi connectivity index (χ3n) is 3.61. The van der Waals surface area contributed by atoms with Crippen molar-refractivity contribution in [2.45, 2.75) is 54.5 Å². The zero-order valence-corrected chi connectivity index (χ0v) is 15.4. The van der Waals surface area contributed by atoms with Gasteiger partial charge in [0.25, 0.3) is 0 Å². The van der Waals surface area contributed by atoms with E-state index in [0.717, 1.165) is 26.1 Å². The lowest BCUT2D eigenvalue weighted by Crippen LogP contribution is -2.34. The third kappa shape index (κ3) is 6.07. The van der Waals surface area contributed by atoms with Crippen LogP contribution in [-0.2, 0) is 13.0 Å². The number of benzene rings is 1. The van der Waals surface area contributed by atoms with Crippen LogP contribution in [0.5, 0.6) is 0 Å². The molecule has 1 N–H and O–H groups in total. The molecule has 0 saturated heterocycles. The summed E-state index contributed by atoms with van der Waals surface area (Å²) in [5, 5.41) is 3.20. The number of nitrogens with one attached hydrogen (secondary N) is 1. The molecule has 0 unspecified atom stereocenters. The zero-order chi connectivity index (χ0) is 17.0. The number of fused-ring (bicyclic) bond motifs is 1. The molecule has 0 saturated carbocycles. The quantitative estimate of drug-likeness (QED) is 0.838. The van der Waals surface area contributed by atoms with Gasteiger partial charge in [0.05, 0.1) is 0 Å². The van der Waals surface area contributed by atoms with Gasteiger partial charge in [-0.3, -0.25) is 4.90 Å². The Kier molecular flexibility index (Phi) is 11.2. The minimum absolute atomic E-state index is 0.968. The highest BCUT2D eigenvalue weighted by atomic mass is 15.1. The van der Waals surface area contributed by atoms with Gasteiger partial charge in [0.2, 0.25) is 0 Å². The van der Waals surface area contributed by atoms with Crippen LogP contribution in [0.4, 0.5) is 0 Å². The molecule has 2 heteroatoms. The molecule has 0 amide bonds. The van der Waals surface area contributed by atoms with Crippen LogP contribution in [0.15, 0.2) is 42.8 Å². The highest BCUT2D eigenvalue weighted by Gasteiger charge is 2.17. The summed E-state index contributed by atoms with van der Waals surface area (Å²) < 4.78 is 0. The molecule has 1 aliphatic rings. The molecule has 1 heterocycles. The van der Waals surface area contributed by atoms with Gasteiger partial charge in [-0.05, 0) is 43.2 Å². The van der Waals surface area contributed by atoms with Gasteiger partial charge in [0, 0.05) is 25.3 Å². The van der Waals surface area contributed by atoms with E-state index in [-0.39, 0.29) is 0 Å². The lowest BCUT2D eigenvalue weighted by Gasteiger charge is -2.30. The van der Waals surface area contributed by atoms with E-state index < -0.39 is 0 Å². The van der Waals surface area contributed by atoms with Crippen molar-refractivity contribution in [1.29, 1.82) is 0 Å². The van der Waals surface area contributed by atoms with Crippen LogP contribution in [0.25, 0.3) is 0 Å². The smallest absolute Gasteiger partial charge is 0.0385 e. The summed E-state index contributed by atoms with van der Waals surface area (Å²) in [4.78, 5) is 2.48. The molecule has 124 valence electrons. The van der Waals surface area contributed by atoms with E-state index in [4.69, 9.17) is 0 Å². The first-order chi connectivity index (χ1) is 10.7. The summed E-state index contributed by atoms with van der Waals surface area (Å²) in [6, 6.07) is 6.63. The predicted molar refractivity (Wildman–Crippen MR) is 99.9 cm³/mol. The summed E-state index contributed by atoms with van der Waals surface area (Å²) in [5.74, 6) is 0. The van der Waals surface area contributed by atoms with Crippen LogP contribution in [0, 0.1) is 6.92 Å².